The molecule has 0 spiro atoms. The largest absolute Gasteiger partial charge is 0.397 e. The molecule has 1 unspecified atom stereocenters. The lowest BCUT2D eigenvalue weighted by molar-refractivity contribution is 0.517. The number of hydrogen-bond acceptors (Lipinski definition) is 2. The number of benzene rings is 1. The Morgan fingerprint density at radius 3 is 3.00 bits per heavy atom. The lowest BCUT2D eigenvalue weighted by Crippen LogP contribution is -2.27. The Hall–Kier alpha value is -1.18. The summed E-state index contributed by atoms with van der Waals surface area (Å²) >= 11 is 0. The number of hydrogen-bond donors (Lipinski definition) is 1. The second-order valence-electron chi connectivity index (χ2n) is 4.94. The van der Waals surface area contributed by atoms with Crippen molar-refractivity contribution in [2.75, 3.05) is 23.7 Å². The van der Waals surface area contributed by atoms with E-state index in [0.717, 1.165) is 31.1 Å². The topological polar surface area (TPSA) is 29.3 Å². The molecule has 0 radical (unpaired) electrons. The number of nitrogen functional groups attached to an aromatic ring is 1. The zero-order chi connectivity index (χ0) is 11.5. The fourth-order valence-corrected chi connectivity index (χ4v) is 2.71. The molecule has 1 aromatic carbocycles. The van der Waals surface area contributed by atoms with Crippen molar-refractivity contribution >= 4 is 11.4 Å². The van der Waals surface area contributed by atoms with Gasteiger partial charge >= 0.3 is 0 Å². The number of fused-ring (bicyclic) bond motifs is 1. The van der Waals surface area contributed by atoms with Gasteiger partial charge in [0.25, 0.3) is 0 Å². The Labute approximate surface area is 98.4 Å². The third kappa shape index (κ3) is 2.16. The van der Waals surface area contributed by atoms with Crippen LogP contribution >= 0.6 is 0 Å². The first-order chi connectivity index (χ1) is 7.72. The van der Waals surface area contributed by atoms with E-state index in [0.29, 0.717) is 0 Å². The Kier molecular flexibility index (Phi) is 3.37. The maximum atomic E-state index is 6.07. The van der Waals surface area contributed by atoms with E-state index in [9.17, 15) is 0 Å². The average molecular weight is 218 g/mol. The average Bonchev–Trinajstić information content (AvgIpc) is 2.63. The minimum absolute atomic E-state index is 0.760. The van der Waals surface area contributed by atoms with Crippen LogP contribution in [0.1, 0.15) is 32.3 Å². The quantitative estimate of drug-likeness (QED) is 0.787. The third-order valence-corrected chi connectivity index (χ3v) is 3.43. The maximum Gasteiger partial charge on any atom is 0.0633 e. The Bertz CT molecular complexity index is 360. The Morgan fingerprint density at radius 2 is 2.25 bits per heavy atom. The van der Waals surface area contributed by atoms with E-state index in [-0.39, 0.29) is 0 Å². The summed E-state index contributed by atoms with van der Waals surface area (Å²) in [7, 11) is 0. The van der Waals surface area contributed by atoms with Crippen molar-refractivity contribution in [2.45, 2.75) is 33.1 Å². The van der Waals surface area contributed by atoms with Crippen LogP contribution in [0.2, 0.25) is 0 Å². The van der Waals surface area contributed by atoms with Crippen molar-refractivity contribution in [3.63, 3.8) is 0 Å². The van der Waals surface area contributed by atoms with Gasteiger partial charge in [0.15, 0.2) is 0 Å². The molecule has 2 heteroatoms. The fourth-order valence-electron chi connectivity index (χ4n) is 2.71. The molecule has 0 amide bonds. The van der Waals surface area contributed by atoms with E-state index in [1.165, 1.54) is 24.1 Å². The van der Waals surface area contributed by atoms with Crippen molar-refractivity contribution in [2.24, 2.45) is 5.92 Å². The van der Waals surface area contributed by atoms with Gasteiger partial charge in [0.05, 0.1) is 11.4 Å². The number of nitrogens with two attached hydrogens (primary N) is 1. The molecule has 2 rings (SSSR count). The SMILES string of the molecule is CCCC(C)CN1CCc2cccc(N)c21. The summed E-state index contributed by atoms with van der Waals surface area (Å²) in [4.78, 5) is 2.46. The minimum Gasteiger partial charge on any atom is -0.397 e. The summed E-state index contributed by atoms with van der Waals surface area (Å²) in [6, 6.07) is 6.28. The first-order valence-corrected chi connectivity index (χ1v) is 6.34. The zero-order valence-electron chi connectivity index (χ0n) is 10.4. The standard InChI is InChI=1S/C14H22N2/c1-3-5-11(2)10-16-9-8-12-6-4-7-13(15)14(12)16/h4,6-7,11H,3,5,8-10,15H2,1-2H3. The van der Waals surface area contributed by atoms with Gasteiger partial charge in [0.2, 0.25) is 0 Å². The highest BCUT2D eigenvalue weighted by atomic mass is 15.2. The summed E-state index contributed by atoms with van der Waals surface area (Å²) in [6.07, 6.45) is 3.73. The molecule has 0 bridgehead atoms. The van der Waals surface area contributed by atoms with Crippen molar-refractivity contribution in [3.8, 4) is 0 Å². The summed E-state index contributed by atoms with van der Waals surface area (Å²) in [6.45, 7) is 6.87. The van der Waals surface area contributed by atoms with Gasteiger partial charge in [-0.1, -0.05) is 32.4 Å². The van der Waals surface area contributed by atoms with Gasteiger partial charge in [-0.2, -0.15) is 0 Å². The van der Waals surface area contributed by atoms with Gasteiger partial charge in [-0.25, -0.2) is 0 Å². The Morgan fingerprint density at radius 1 is 1.44 bits per heavy atom. The molecule has 0 fully saturated rings. The van der Waals surface area contributed by atoms with Gasteiger partial charge in [-0.15, -0.1) is 0 Å². The number of anilines is 2. The predicted octanol–water partition coefficient (Wildman–Crippen LogP) is 3.07. The molecule has 88 valence electrons. The van der Waals surface area contributed by atoms with Crippen molar-refractivity contribution in [3.05, 3.63) is 23.8 Å². The highest BCUT2D eigenvalue weighted by Crippen LogP contribution is 2.34. The van der Waals surface area contributed by atoms with Crippen LogP contribution in [0.25, 0.3) is 0 Å². The molecule has 16 heavy (non-hydrogen) atoms. The van der Waals surface area contributed by atoms with Crippen LogP contribution in [0, 0.1) is 5.92 Å². The molecule has 1 heterocycles. The van der Waals surface area contributed by atoms with E-state index >= 15 is 0 Å². The van der Waals surface area contributed by atoms with Gasteiger partial charge in [0.1, 0.15) is 0 Å². The van der Waals surface area contributed by atoms with Crippen LogP contribution in [0.5, 0.6) is 0 Å². The van der Waals surface area contributed by atoms with E-state index < -0.39 is 0 Å². The fraction of sp³-hybridized carbons (Fsp3) is 0.571. The molecule has 0 aromatic heterocycles. The van der Waals surface area contributed by atoms with Gasteiger partial charge < -0.3 is 10.6 Å². The van der Waals surface area contributed by atoms with Crippen LogP contribution in [-0.4, -0.2) is 13.1 Å². The zero-order valence-corrected chi connectivity index (χ0v) is 10.4. The highest BCUT2D eigenvalue weighted by Gasteiger charge is 2.22. The van der Waals surface area contributed by atoms with Crippen LogP contribution in [0.15, 0.2) is 18.2 Å². The second kappa shape index (κ2) is 4.77. The smallest absolute Gasteiger partial charge is 0.0633 e. The van der Waals surface area contributed by atoms with Gasteiger partial charge in [-0.3, -0.25) is 0 Å². The van der Waals surface area contributed by atoms with E-state index in [2.05, 4.69) is 30.9 Å². The van der Waals surface area contributed by atoms with Crippen LogP contribution < -0.4 is 10.6 Å². The lowest BCUT2D eigenvalue weighted by Gasteiger charge is -2.24. The number of para-hydroxylation sites is 1. The van der Waals surface area contributed by atoms with E-state index in [4.69, 9.17) is 5.73 Å². The first kappa shape index (κ1) is 11.3. The molecular weight excluding hydrogens is 196 g/mol. The summed E-state index contributed by atoms with van der Waals surface area (Å²) in [5, 5.41) is 0. The molecule has 0 saturated carbocycles. The monoisotopic (exact) mass is 218 g/mol. The van der Waals surface area contributed by atoms with Gasteiger partial charge in [0, 0.05) is 13.1 Å². The first-order valence-electron chi connectivity index (χ1n) is 6.34. The Balaban J connectivity index is 2.11. The van der Waals surface area contributed by atoms with Crippen molar-refractivity contribution in [1.82, 2.24) is 0 Å². The number of rotatable bonds is 4. The van der Waals surface area contributed by atoms with Crippen LogP contribution in [0.4, 0.5) is 11.4 Å². The maximum absolute atomic E-state index is 6.07. The molecule has 1 aliphatic heterocycles. The molecule has 1 atom stereocenters. The van der Waals surface area contributed by atoms with Crippen molar-refractivity contribution < 1.29 is 0 Å². The lowest BCUT2D eigenvalue weighted by atomic mass is 10.1. The molecule has 1 aliphatic rings. The molecule has 1 aromatic rings. The van der Waals surface area contributed by atoms with Crippen molar-refractivity contribution in [1.29, 1.82) is 0 Å². The van der Waals surface area contributed by atoms with Gasteiger partial charge in [-0.05, 0) is 30.4 Å². The molecule has 0 saturated heterocycles. The predicted molar refractivity (Wildman–Crippen MR) is 70.8 cm³/mol. The summed E-state index contributed by atoms with van der Waals surface area (Å²) in [5.41, 5.74) is 9.73. The third-order valence-electron chi connectivity index (χ3n) is 3.43. The molecule has 2 nitrogen and oxygen atoms in total. The minimum atomic E-state index is 0.760. The second-order valence-corrected chi connectivity index (χ2v) is 4.94. The van der Waals surface area contributed by atoms with E-state index in [1.807, 2.05) is 6.07 Å². The van der Waals surface area contributed by atoms with Crippen LogP contribution in [-0.2, 0) is 6.42 Å². The highest BCUT2D eigenvalue weighted by molar-refractivity contribution is 5.74. The summed E-state index contributed by atoms with van der Waals surface area (Å²) < 4.78 is 0. The molecular formula is C14H22N2. The molecule has 0 aliphatic carbocycles. The normalized spacial score (nSPS) is 16.2. The summed E-state index contributed by atoms with van der Waals surface area (Å²) in [5.74, 6) is 0.760. The van der Waals surface area contributed by atoms with E-state index in [1.54, 1.807) is 0 Å². The number of nitrogens with zero attached hydrogens (tertiary/aromatic N) is 1. The molecule has 2 N–H and O–H groups in total. The van der Waals surface area contributed by atoms with Crippen LogP contribution in [0.3, 0.4) is 0 Å².